The molecule has 1 atom stereocenters. The maximum atomic E-state index is 11.3. The van der Waals surface area contributed by atoms with Crippen molar-refractivity contribution in [1.82, 2.24) is 0 Å². The first-order valence-electron chi connectivity index (χ1n) is 4.88. The summed E-state index contributed by atoms with van der Waals surface area (Å²) in [5.41, 5.74) is 0.935. The quantitative estimate of drug-likeness (QED) is 0.872. The molecule has 1 N–H and O–H groups in total. The molecule has 0 radical (unpaired) electrons. The first kappa shape index (κ1) is 12.4. The summed E-state index contributed by atoms with van der Waals surface area (Å²) < 4.78 is 24.5. The topological polar surface area (TPSA) is 46.2 Å². The molecule has 1 fully saturated rings. The minimum atomic E-state index is -2.82. The molecule has 1 unspecified atom stereocenters. The Balaban J connectivity index is 2.11. The molecule has 0 aliphatic carbocycles. The lowest BCUT2D eigenvalue weighted by molar-refractivity contribution is 0.602. The van der Waals surface area contributed by atoms with E-state index >= 15 is 0 Å². The van der Waals surface area contributed by atoms with Gasteiger partial charge >= 0.3 is 0 Å². The van der Waals surface area contributed by atoms with Crippen molar-refractivity contribution in [2.75, 3.05) is 16.8 Å². The largest absolute Gasteiger partial charge is 0.380 e. The highest BCUT2D eigenvalue weighted by atomic mass is 79.9. The number of rotatable bonds is 2. The molecule has 1 aliphatic rings. The van der Waals surface area contributed by atoms with Crippen LogP contribution in [0, 0.1) is 0 Å². The third kappa shape index (κ3) is 2.99. The van der Waals surface area contributed by atoms with Gasteiger partial charge in [0, 0.05) is 20.7 Å². The third-order valence-electron chi connectivity index (χ3n) is 2.52. The molecular weight excluding hydrogens is 358 g/mol. The van der Waals surface area contributed by atoms with E-state index in [2.05, 4.69) is 37.2 Å². The predicted molar refractivity (Wildman–Crippen MR) is 72.5 cm³/mol. The minimum Gasteiger partial charge on any atom is -0.380 e. The van der Waals surface area contributed by atoms with Crippen molar-refractivity contribution in [2.24, 2.45) is 0 Å². The molecule has 1 aliphatic heterocycles. The molecule has 16 heavy (non-hydrogen) atoms. The van der Waals surface area contributed by atoms with Gasteiger partial charge in [0.05, 0.1) is 11.5 Å². The van der Waals surface area contributed by atoms with E-state index in [1.165, 1.54) is 0 Å². The highest BCUT2D eigenvalue weighted by Gasteiger charge is 2.27. The molecule has 2 rings (SSSR count). The summed E-state index contributed by atoms with van der Waals surface area (Å²) in [6.45, 7) is 0. The van der Waals surface area contributed by atoms with Crippen LogP contribution in [0.1, 0.15) is 6.42 Å². The summed E-state index contributed by atoms with van der Waals surface area (Å²) in [7, 11) is -2.82. The van der Waals surface area contributed by atoms with E-state index in [1.807, 2.05) is 18.2 Å². The van der Waals surface area contributed by atoms with Crippen LogP contribution in [0.5, 0.6) is 0 Å². The highest BCUT2D eigenvalue weighted by Crippen LogP contribution is 2.28. The van der Waals surface area contributed by atoms with Gasteiger partial charge in [-0.05, 0) is 40.5 Å². The van der Waals surface area contributed by atoms with Crippen LogP contribution in [0.2, 0.25) is 0 Å². The number of anilines is 1. The van der Waals surface area contributed by atoms with Crippen LogP contribution in [0.25, 0.3) is 0 Å². The molecule has 1 heterocycles. The zero-order chi connectivity index (χ0) is 11.8. The molecule has 0 aromatic heterocycles. The highest BCUT2D eigenvalue weighted by molar-refractivity contribution is 9.11. The van der Waals surface area contributed by atoms with Crippen molar-refractivity contribution in [1.29, 1.82) is 0 Å². The van der Waals surface area contributed by atoms with E-state index in [0.29, 0.717) is 12.2 Å². The maximum Gasteiger partial charge on any atom is 0.152 e. The number of sulfone groups is 1. The van der Waals surface area contributed by atoms with Crippen LogP contribution in [0.4, 0.5) is 5.69 Å². The second-order valence-corrected chi connectivity index (χ2v) is 7.87. The molecule has 0 amide bonds. The lowest BCUT2D eigenvalue weighted by Gasteiger charge is -2.14. The van der Waals surface area contributed by atoms with E-state index in [1.54, 1.807) is 0 Å². The number of benzene rings is 1. The second kappa shape index (κ2) is 4.66. The molecule has 1 aromatic rings. The number of halogens is 2. The Kier molecular flexibility index (Phi) is 3.61. The average molecular weight is 369 g/mol. The average Bonchev–Trinajstić information content (AvgIpc) is 2.51. The van der Waals surface area contributed by atoms with Gasteiger partial charge in [0.1, 0.15) is 0 Å². The van der Waals surface area contributed by atoms with Gasteiger partial charge in [0.15, 0.2) is 9.84 Å². The van der Waals surface area contributed by atoms with Crippen LogP contribution in [0.3, 0.4) is 0 Å². The van der Waals surface area contributed by atoms with E-state index in [9.17, 15) is 8.42 Å². The number of hydrogen-bond acceptors (Lipinski definition) is 3. The second-order valence-electron chi connectivity index (χ2n) is 3.87. The van der Waals surface area contributed by atoms with Gasteiger partial charge in [0.2, 0.25) is 0 Å². The van der Waals surface area contributed by atoms with Gasteiger partial charge < -0.3 is 5.32 Å². The molecule has 88 valence electrons. The van der Waals surface area contributed by atoms with Gasteiger partial charge in [-0.25, -0.2) is 8.42 Å². The number of nitrogens with one attached hydrogen (secondary N) is 1. The fraction of sp³-hybridized carbons (Fsp3) is 0.400. The summed E-state index contributed by atoms with van der Waals surface area (Å²) in [5, 5.41) is 3.25. The van der Waals surface area contributed by atoms with Crippen molar-refractivity contribution in [3.05, 3.63) is 27.1 Å². The van der Waals surface area contributed by atoms with Crippen molar-refractivity contribution in [3.8, 4) is 0 Å². The zero-order valence-corrected chi connectivity index (χ0v) is 12.4. The Labute approximate surface area is 112 Å². The summed E-state index contributed by atoms with van der Waals surface area (Å²) in [5.74, 6) is 0.522. The van der Waals surface area contributed by atoms with Gasteiger partial charge in [-0.1, -0.05) is 15.9 Å². The fourth-order valence-corrected chi connectivity index (χ4v) is 4.57. The third-order valence-corrected chi connectivity index (χ3v) is 5.44. The Morgan fingerprint density at radius 3 is 2.62 bits per heavy atom. The molecule has 1 saturated heterocycles. The molecular formula is C10H11Br2NO2S. The normalized spacial score (nSPS) is 23.2. The predicted octanol–water partition coefficient (Wildman–Crippen LogP) is 2.81. The van der Waals surface area contributed by atoms with Gasteiger partial charge in [-0.15, -0.1) is 0 Å². The maximum absolute atomic E-state index is 11.3. The summed E-state index contributed by atoms with van der Waals surface area (Å²) >= 11 is 6.81. The molecule has 0 saturated carbocycles. The van der Waals surface area contributed by atoms with Crippen LogP contribution in [-0.4, -0.2) is 26.0 Å². The minimum absolute atomic E-state index is 0.0301. The van der Waals surface area contributed by atoms with Crippen molar-refractivity contribution in [2.45, 2.75) is 12.5 Å². The smallest absolute Gasteiger partial charge is 0.152 e. The Bertz CT molecular complexity index is 502. The molecule has 0 spiro atoms. The zero-order valence-electron chi connectivity index (χ0n) is 8.41. The molecule has 1 aromatic carbocycles. The van der Waals surface area contributed by atoms with Gasteiger partial charge in [-0.2, -0.15) is 0 Å². The Morgan fingerprint density at radius 2 is 2.06 bits per heavy atom. The first-order valence-corrected chi connectivity index (χ1v) is 8.29. The monoisotopic (exact) mass is 367 g/mol. The van der Waals surface area contributed by atoms with Crippen LogP contribution < -0.4 is 5.32 Å². The summed E-state index contributed by atoms with van der Waals surface area (Å²) in [6.07, 6.45) is 0.685. The van der Waals surface area contributed by atoms with Crippen molar-refractivity contribution >= 4 is 47.4 Å². The van der Waals surface area contributed by atoms with Gasteiger partial charge in [0.25, 0.3) is 0 Å². The van der Waals surface area contributed by atoms with E-state index < -0.39 is 9.84 Å². The first-order chi connectivity index (χ1) is 7.46. The van der Waals surface area contributed by atoms with E-state index in [4.69, 9.17) is 0 Å². The number of hydrogen-bond donors (Lipinski definition) is 1. The van der Waals surface area contributed by atoms with Crippen LogP contribution >= 0.6 is 31.9 Å². The molecule has 6 heteroatoms. The summed E-state index contributed by atoms with van der Waals surface area (Å²) in [6, 6.07) is 5.82. The molecule has 3 nitrogen and oxygen atoms in total. The Morgan fingerprint density at radius 1 is 1.31 bits per heavy atom. The van der Waals surface area contributed by atoms with Crippen molar-refractivity contribution in [3.63, 3.8) is 0 Å². The fourth-order valence-electron chi connectivity index (χ4n) is 1.74. The standard InChI is InChI=1S/C10H11Br2NO2S/c11-7-1-2-10(9(12)5-7)13-8-3-4-16(14,15)6-8/h1-2,5,8,13H,3-4,6H2. The lowest BCUT2D eigenvalue weighted by atomic mass is 10.2. The van der Waals surface area contributed by atoms with Crippen LogP contribution in [0.15, 0.2) is 27.1 Å². The molecule has 0 bridgehead atoms. The lowest BCUT2D eigenvalue weighted by Crippen LogP contribution is -2.20. The summed E-state index contributed by atoms with van der Waals surface area (Å²) in [4.78, 5) is 0. The SMILES string of the molecule is O=S1(=O)CCC(Nc2ccc(Br)cc2Br)C1. The van der Waals surface area contributed by atoms with Gasteiger partial charge in [-0.3, -0.25) is 0 Å². The van der Waals surface area contributed by atoms with Crippen LogP contribution in [-0.2, 0) is 9.84 Å². The van der Waals surface area contributed by atoms with E-state index in [-0.39, 0.29) is 11.8 Å². The van der Waals surface area contributed by atoms with Crippen molar-refractivity contribution < 1.29 is 8.42 Å². The van der Waals surface area contributed by atoms with E-state index in [0.717, 1.165) is 14.6 Å². The Hall–Kier alpha value is -0.0700.